The van der Waals surface area contributed by atoms with E-state index in [0.29, 0.717) is 24.8 Å². The zero-order chi connectivity index (χ0) is 21.1. The highest BCUT2D eigenvalue weighted by molar-refractivity contribution is 5.89. The third kappa shape index (κ3) is 8.27. The van der Waals surface area contributed by atoms with Gasteiger partial charge in [-0.25, -0.2) is 4.79 Å². The molecule has 2 rings (SSSR count). The number of esters is 2. The molecule has 0 fully saturated rings. The van der Waals surface area contributed by atoms with Gasteiger partial charge in [-0.2, -0.15) is 0 Å². The van der Waals surface area contributed by atoms with Crippen LogP contribution in [0, 0.1) is 0 Å². The van der Waals surface area contributed by atoms with E-state index in [1.807, 2.05) is 30.3 Å². The Morgan fingerprint density at radius 3 is 2.24 bits per heavy atom. The lowest BCUT2D eigenvalue weighted by molar-refractivity contribution is -0.150. The van der Waals surface area contributed by atoms with Crippen molar-refractivity contribution in [3.05, 3.63) is 71.3 Å². The fourth-order valence-electron chi connectivity index (χ4n) is 2.72. The molecule has 0 spiro atoms. The normalized spacial score (nSPS) is 11.5. The van der Waals surface area contributed by atoms with Crippen LogP contribution in [0.4, 0.5) is 0 Å². The molecule has 0 aliphatic rings. The summed E-state index contributed by atoms with van der Waals surface area (Å²) in [5, 5.41) is 8.78. The Morgan fingerprint density at radius 2 is 1.59 bits per heavy atom. The number of hydrogen-bond donors (Lipinski definition) is 1. The zero-order valence-electron chi connectivity index (χ0n) is 16.5. The third-order valence-corrected chi connectivity index (χ3v) is 4.27. The quantitative estimate of drug-likeness (QED) is 0.586. The number of aliphatic hydroxyl groups is 1. The molecular weight excluding hydrogens is 372 g/mol. The monoisotopic (exact) mass is 398 g/mol. The SMILES string of the molecule is CC(COC(=O)c1ccccc1)OC(=O)CCc1cccc(CCC(=O)CO)c1. The van der Waals surface area contributed by atoms with Gasteiger partial charge in [-0.15, -0.1) is 0 Å². The van der Waals surface area contributed by atoms with Crippen molar-refractivity contribution in [1.29, 1.82) is 0 Å². The Morgan fingerprint density at radius 1 is 0.931 bits per heavy atom. The molecule has 0 radical (unpaired) electrons. The van der Waals surface area contributed by atoms with Crippen molar-refractivity contribution in [3.63, 3.8) is 0 Å². The van der Waals surface area contributed by atoms with Crippen LogP contribution >= 0.6 is 0 Å². The van der Waals surface area contributed by atoms with Crippen LogP contribution in [0.2, 0.25) is 0 Å². The van der Waals surface area contributed by atoms with Gasteiger partial charge in [-0.3, -0.25) is 9.59 Å². The number of carbonyl (C=O) groups excluding carboxylic acids is 3. The minimum atomic E-state index is -0.536. The second-order valence-corrected chi connectivity index (χ2v) is 6.78. The molecule has 2 aromatic rings. The van der Waals surface area contributed by atoms with E-state index in [2.05, 4.69) is 0 Å². The molecule has 6 nitrogen and oxygen atoms in total. The molecule has 6 heteroatoms. The van der Waals surface area contributed by atoms with Crippen LogP contribution in [-0.2, 0) is 31.9 Å². The molecule has 2 aromatic carbocycles. The Bertz CT molecular complexity index is 815. The van der Waals surface area contributed by atoms with Gasteiger partial charge in [0.1, 0.15) is 19.3 Å². The number of hydrogen-bond acceptors (Lipinski definition) is 6. The lowest BCUT2D eigenvalue weighted by atomic mass is 10.0. The topological polar surface area (TPSA) is 89.9 Å². The number of ether oxygens (including phenoxy) is 2. The van der Waals surface area contributed by atoms with Crippen LogP contribution in [0.1, 0.15) is 41.3 Å². The van der Waals surface area contributed by atoms with E-state index in [9.17, 15) is 14.4 Å². The summed E-state index contributed by atoms with van der Waals surface area (Å²) in [6.07, 6.45) is 1.03. The van der Waals surface area contributed by atoms with E-state index in [4.69, 9.17) is 14.6 Å². The van der Waals surface area contributed by atoms with Gasteiger partial charge in [0.05, 0.1) is 5.56 Å². The number of benzene rings is 2. The second-order valence-electron chi connectivity index (χ2n) is 6.78. The van der Waals surface area contributed by atoms with Crippen LogP contribution in [-0.4, -0.2) is 42.1 Å². The number of Topliss-reactive ketones (excluding diaryl/α,β-unsaturated/α-hetero) is 1. The maximum absolute atomic E-state index is 12.0. The minimum Gasteiger partial charge on any atom is -0.459 e. The summed E-state index contributed by atoms with van der Waals surface area (Å²) >= 11 is 0. The first-order valence-corrected chi connectivity index (χ1v) is 9.60. The Labute approximate surface area is 170 Å². The van der Waals surface area contributed by atoms with Crippen molar-refractivity contribution in [2.24, 2.45) is 0 Å². The molecule has 1 atom stereocenters. The van der Waals surface area contributed by atoms with Gasteiger partial charge in [0.25, 0.3) is 0 Å². The standard InChI is InChI=1S/C23H26O6/c1-17(16-28-23(27)20-8-3-2-4-9-20)29-22(26)13-11-19-7-5-6-18(14-19)10-12-21(25)15-24/h2-9,14,17,24H,10-13,15-16H2,1H3. The maximum Gasteiger partial charge on any atom is 0.338 e. The summed E-state index contributed by atoms with van der Waals surface area (Å²) in [4.78, 5) is 35.2. The van der Waals surface area contributed by atoms with Gasteiger partial charge in [0.2, 0.25) is 0 Å². The van der Waals surface area contributed by atoms with Crippen molar-refractivity contribution in [2.45, 2.75) is 38.7 Å². The molecule has 0 aromatic heterocycles. The molecule has 29 heavy (non-hydrogen) atoms. The van der Waals surface area contributed by atoms with Crippen LogP contribution in [0.3, 0.4) is 0 Å². The smallest absolute Gasteiger partial charge is 0.338 e. The molecular formula is C23H26O6. The lowest BCUT2D eigenvalue weighted by Crippen LogP contribution is -2.22. The Balaban J connectivity index is 1.72. The van der Waals surface area contributed by atoms with Crippen LogP contribution in [0.15, 0.2) is 54.6 Å². The number of carbonyl (C=O) groups is 3. The summed E-state index contributed by atoms with van der Waals surface area (Å²) in [6.45, 7) is 1.23. The molecule has 154 valence electrons. The molecule has 1 N–H and O–H groups in total. The molecule has 0 bridgehead atoms. The third-order valence-electron chi connectivity index (χ3n) is 4.27. The van der Waals surface area contributed by atoms with Crippen molar-refractivity contribution in [1.82, 2.24) is 0 Å². The lowest BCUT2D eigenvalue weighted by Gasteiger charge is -2.14. The van der Waals surface area contributed by atoms with Crippen molar-refractivity contribution in [3.8, 4) is 0 Å². The average Bonchev–Trinajstić information content (AvgIpc) is 2.75. The minimum absolute atomic E-state index is 0.00611. The maximum atomic E-state index is 12.0. The first-order chi connectivity index (χ1) is 14.0. The van der Waals surface area contributed by atoms with E-state index in [1.165, 1.54) is 0 Å². The highest BCUT2D eigenvalue weighted by Gasteiger charge is 2.13. The van der Waals surface area contributed by atoms with Gasteiger partial charge < -0.3 is 14.6 Å². The van der Waals surface area contributed by atoms with Crippen molar-refractivity contribution >= 4 is 17.7 Å². The molecule has 0 aliphatic heterocycles. The first kappa shape index (κ1) is 22.3. The highest BCUT2D eigenvalue weighted by atomic mass is 16.6. The zero-order valence-corrected chi connectivity index (χ0v) is 16.5. The van der Waals surface area contributed by atoms with Crippen LogP contribution < -0.4 is 0 Å². The Kier molecular flexibility index (Phi) is 9.05. The molecule has 1 unspecified atom stereocenters. The predicted molar refractivity (Wildman–Crippen MR) is 107 cm³/mol. The van der Waals surface area contributed by atoms with E-state index >= 15 is 0 Å². The number of aryl methyl sites for hydroxylation is 2. The largest absolute Gasteiger partial charge is 0.459 e. The number of ketones is 1. The predicted octanol–water partition coefficient (Wildman–Crippen LogP) is 2.90. The molecule has 0 saturated carbocycles. The van der Waals surface area contributed by atoms with Gasteiger partial charge in [0.15, 0.2) is 5.78 Å². The van der Waals surface area contributed by atoms with Gasteiger partial charge >= 0.3 is 11.9 Å². The molecule has 0 aliphatic carbocycles. The second kappa shape index (κ2) is 11.8. The summed E-state index contributed by atoms with van der Waals surface area (Å²) in [5.74, 6) is -1.01. The summed E-state index contributed by atoms with van der Waals surface area (Å²) in [7, 11) is 0. The highest BCUT2D eigenvalue weighted by Crippen LogP contribution is 2.11. The Hall–Kier alpha value is -2.99. The van der Waals surface area contributed by atoms with Crippen molar-refractivity contribution < 1.29 is 29.0 Å². The molecule has 0 heterocycles. The summed E-state index contributed by atoms with van der Waals surface area (Å²) in [5.41, 5.74) is 2.41. The molecule has 0 saturated heterocycles. The number of rotatable bonds is 11. The summed E-state index contributed by atoms with van der Waals surface area (Å²) < 4.78 is 10.5. The fourth-order valence-corrected chi connectivity index (χ4v) is 2.72. The van der Waals surface area contributed by atoms with Crippen molar-refractivity contribution in [2.75, 3.05) is 13.2 Å². The van der Waals surface area contributed by atoms with Crippen LogP contribution in [0.5, 0.6) is 0 Å². The number of aliphatic hydroxyl groups excluding tert-OH is 1. The van der Waals surface area contributed by atoms with Gasteiger partial charge in [-0.05, 0) is 43.0 Å². The van der Waals surface area contributed by atoms with Crippen LogP contribution in [0.25, 0.3) is 0 Å². The van der Waals surface area contributed by atoms with Gasteiger partial charge in [-0.1, -0.05) is 42.5 Å². The van der Waals surface area contributed by atoms with E-state index in [-0.39, 0.29) is 24.8 Å². The molecule has 0 amide bonds. The van der Waals surface area contributed by atoms with E-state index in [0.717, 1.165) is 11.1 Å². The van der Waals surface area contributed by atoms with Gasteiger partial charge in [0, 0.05) is 12.8 Å². The van der Waals surface area contributed by atoms with E-state index in [1.54, 1.807) is 31.2 Å². The fraction of sp³-hybridized carbons (Fsp3) is 0.348. The summed E-state index contributed by atoms with van der Waals surface area (Å²) in [6, 6.07) is 16.3. The first-order valence-electron chi connectivity index (χ1n) is 9.60. The van der Waals surface area contributed by atoms with E-state index < -0.39 is 18.7 Å². The average molecular weight is 398 g/mol.